The number of rotatable bonds is 2. The number of nitrogens with one attached hydrogen (secondary N) is 1. The third-order valence-corrected chi connectivity index (χ3v) is 3.84. The molecule has 0 atom stereocenters. The van der Waals surface area contributed by atoms with Crippen LogP contribution < -0.4 is 5.32 Å². The lowest BCUT2D eigenvalue weighted by atomic mass is 10.1. The summed E-state index contributed by atoms with van der Waals surface area (Å²) in [7, 11) is -1.56. The summed E-state index contributed by atoms with van der Waals surface area (Å²) < 4.78 is 23.3. The Kier molecular flexibility index (Phi) is 2.28. The van der Waals surface area contributed by atoms with Crippen LogP contribution in [0.25, 0.3) is 5.57 Å². The quantitative estimate of drug-likeness (QED) is 0.779. The summed E-state index contributed by atoms with van der Waals surface area (Å²) in [5.74, 6) is 0.0767. The van der Waals surface area contributed by atoms with Gasteiger partial charge in [-0.25, -0.2) is 8.42 Å². The molecule has 1 aliphatic rings. The Bertz CT molecular complexity index is 532. The Hall–Kier alpha value is -1.33. The van der Waals surface area contributed by atoms with E-state index >= 15 is 0 Å². The van der Waals surface area contributed by atoms with Gasteiger partial charge in [0.25, 0.3) is 0 Å². The first-order chi connectivity index (χ1) is 7.04. The van der Waals surface area contributed by atoms with Gasteiger partial charge < -0.3 is 10.4 Å². The van der Waals surface area contributed by atoms with Gasteiger partial charge in [0, 0.05) is 17.5 Å². The predicted octanol–water partition coefficient (Wildman–Crippen LogP) is 0.740. The topological polar surface area (TPSA) is 66.4 Å². The summed E-state index contributed by atoms with van der Waals surface area (Å²) in [5, 5.41) is 13.4. The van der Waals surface area contributed by atoms with E-state index in [0.717, 1.165) is 0 Å². The summed E-state index contributed by atoms with van der Waals surface area (Å²) >= 11 is 0. The van der Waals surface area contributed by atoms with E-state index in [-0.39, 0.29) is 10.6 Å². The zero-order valence-corrected chi connectivity index (χ0v) is 9.00. The van der Waals surface area contributed by atoms with Crippen molar-refractivity contribution in [2.75, 3.05) is 13.6 Å². The van der Waals surface area contributed by atoms with Gasteiger partial charge in [-0.3, -0.25) is 0 Å². The molecule has 1 heterocycles. The van der Waals surface area contributed by atoms with Crippen LogP contribution in [0.5, 0.6) is 5.75 Å². The van der Waals surface area contributed by atoms with E-state index in [1.54, 1.807) is 7.05 Å². The SMILES string of the molecule is CNCC1=CS(=O)(=O)c2ccc(O)cc21. The molecule has 80 valence electrons. The van der Waals surface area contributed by atoms with E-state index in [9.17, 15) is 13.5 Å². The number of sulfone groups is 1. The molecule has 1 aliphatic heterocycles. The van der Waals surface area contributed by atoms with Crippen molar-refractivity contribution in [2.24, 2.45) is 0 Å². The highest BCUT2D eigenvalue weighted by atomic mass is 32.2. The lowest BCUT2D eigenvalue weighted by Crippen LogP contribution is -2.08. The fraction of sp³-hybridized carbons (Fsp3) is 0.200. The molecule has 15 heavy (non-hydrogen) atoms. The zero-order chi connectivity index (χ0) is 11.1. The summed E-state index contributed by atoms with van der Waals surface area (Å²) in [5.41, 5.74) is 1.27. The molecule has 0 unspecified atom stereocenters. The van der Waals surface area contributed by atoms with Crippen LogP contribution in [0.15, 0.2) is 28.5 Å². The van der Waals surface area contributed by atoms with Crippen LogP contribution in [0.1, 0.15) is 5.56 Å². The molecule has 0 saturated heterocycles. The van der Waals surface area contributed by atoms with Crippen molar-refractivity contribution < 1.29 is 13.5 Å². The van der Waals surface area contributed by atoms with Crippen molar-refractivity contribution in [2.45, 2.75) is 4.90 Å². The molecule has 1 aromatic rings. The Morgan fingerprint density at radius 1 is 1.40 bits per heavy atom. The highest BCUT2D eigenvalue weighted by Crippen LogP contribution is 2.34. The van der Waals surface area contributed by atoms with E-state index in [1.807, 2.05) is 0 Å². The summed E-state index contributed by atoms with van der Waals surface area (Å²) in [6, 6.07) is 4.29. The van der Waals surface area contributed by atoms with Gasteiger partial charge in [0.2, 0.25) is 9.84 Å². The largest absolute Gasteiger partial charge is 0.508 e. The normalized spacial score (nSPS) is 17.3. The minimum atomic E-state index is -3.31. The zero-order valence-electron chi connectivity index (χ0n) is 8.19. The molecule has 5 heteroatoms. The van der Waals surface area contributed by atoms with Gasteiger partial charge in [-0.05, 0) is 30.8 Å². The van der Waals surface area contributed by atoms with Gasteiger partial charge >= 0.3 is 0 Å². The molecule has 0 bridgehead atoms. The maximum atomic E-state index is 11.7. The molecule has 0 radical (unpaired) electrons. The van der Waals surface area contributed by atoms with Crippen LogP contribution in [0, 0.1) is 0 Å². The van der Waals surface area contributed by atoms with Gasteiger partial charge in [-0.2, -0.15) is 0 Å². The molecule has 4 nitrogen and oxygen atoms in total. The Balaban J connectivity index is 2.63. The molecule has 2 N–H and O–H groups in total. The van der Waals surface area contributed by atoms with Crippen LogP contribution in [0.4, 0.5) is 0 Å². The highest BCUT2D eigenvalue weighted by Gasteiger charge is 2.26. The first-order valence-electron chi connectivity index (χ1n) is 4.48. The van der Waals surface area contributed by atoms with E-state index < -0.39 is 9.84 Å². The summed E-state index contributed by atoms with van der Waals surface area (Å²) in [6.07, 6.45) is 0. The van der Waals surface area contributed by atoms with Gasteiger partial charge in [-0.15, -0.1) is 0 Å². The molecule has 0 spiro atoms. The minimum absolute atomic E-state index is 0.0767. The second-order valence-corrected chi connectivity index (χ2v) is 5.16. The molecule has 2 rings (SSSR count). The lowest BCUT2D eigenvalue weighted by Gasteiger charge is -2.03. The average Bonchev–Trinajstić information content (AvgIpc) is 2.39. The first-order valence-corrected chi connectivity index (χ1v) is 6.03. The predicted molar refractivity (Wildman–Crippen MR) is 57.2 cm³/mol. The van der Waals surface area contributed by atoms with Crippen LogP contribution in [0.3, 0.4) is 0 Å². The summed E-state index contributed by atoms with van der Waals surface area (Å²) in [6.45, 7) is 0.468. The van der Waals surface area contributed by atoms with Gasteiger partial charge in [0.15, 0.2) is 0 Å². The number of likely N-dealkylation sites (N-methyl/N-ethyl adjacent to an activating group) is 1. The third-order valence-electron chi connectivity index (χ3n) is 2.28. The molecule has 0 amide bonds. The van der Waals surface area contributed by atoms with E-state index in [4.69, 9.17) is 0 Å². The van der Waals surface area contributed by atoms with Crippen LogP contribution in [0.2, 0.25) is 0 Å². The molecule has 0 aliphatic carbocycles. The Morgan fingerprint density at radius 2 is 2.13 bits per heavy atom. The Morgan fingerprint density at radius 3 is 2.80 bits per heavy atom. The summed E-state index contributed by atoms with van der Waals surface area (Å²) in [4.78, 5) is 0.269. The average molecular weight is 225 g/mol. The van der Waals surface area contributed by atoms with E-state index in [0.29, 0.717) is 17.7 Å². The molecule has 0 aromatic heterocycles. The van der Waals surface area contributed by atoms with Crippen LogP contribution >= 0.6 is 0 Å². The maximum absolute atomic E-state index is 11.7. The molecule has 0 saturated carbocycles. The van der Waals surface area contributed by atoms with Crippen molar-refractivity contribution in [1.29, 1.82) is 0 Å². The van der Waals surface area contributed by atoms with Gasteiger partial charge in [-0.1, -0.05) is 0 Å². The van der Waals surface area contributed by atoms with Crippen molar-refractivity contribution in [1.82, 2.24) is 5.32 Å². The highest BCUT2D eigenvalue weighted by molar-refractivity contribution is 7.95. The minimum Gasteiger partial charge on any atom is -0.508 e. The second-order valence-electron chi connectivity index (χ2n) is 3.40. The standard InChI is InChI=1S/C10H11NO3S/c1-11-5-7-6-15(13,14)10-3-2-8(12)4-9(7)10/h2-4,6,11-12H,5H2,1H3. The lowest BCUT2D eigenvalue weighted by molar-refractivity contribution is 0.474. The number of phenols is 1. The van der Waals surface area contributed by atoms with Crippen molar-refractivity contribution in [3.63, 3.8) is 0 Å². The van der Waals surface area contributed by atoms with Crippen molar-refractivity contribution in [3.05, 3.63) is 29.2 Å². The van der Waals surface area contributed by atoms with Crippen molar-refractivity contribution in [3.8, 4) is 5.75 Å². The Labute approximate surface area is 88.2 Å². The molecular formula is C10H11NO3S. The fourth-order valence-corrected chi connectivity index (χ4v) is 3.12. The van der Waals surface area contributed by atoms with Gasteiger partial charge in [0.1, 0.15) is 5.75 Å². The van der Waals surface area contributed by atoms with E-state index in [1.165, 1.54) is 23.6 Å². The first kappa shape index (κ1) is 10.2. The number of fused-ring (bicyclic) bond motifs is 1. The number of benzene rings is 1. The third kappa shape index (κ3) is 1.64. The molecular weight excluding hydrogens is 214 g/mol. The fourth-order valence-electron chi connectivity index (χ4n) is 1.66. The smallest absolute Gasteiger partial charge is 0.200 e. The molecule has 0 fully saturated rings. The maximum Gasteiger partial charge on any atom is 0.200 e. The van der Waals surface area contributed by atoms with Crippen LogP contribution in [-0.4, -0.2) is 27.1 Å². The second kappa shape index (κ2) is 3.36. The van der Waals surface area contributed by atoms with Crippen molar-refractivity contribution >= 4 is 15.4 Å². The number of phenolic OH excluding ortho intramolecular Hbond substituents is 1. The monoisotopic (exact) mass is 225 g/mol. The number of aromatic hydroxyl groups is 1. The molecule has 1 aromatic carbocycles. The number of hydrogen-bond acceptors (Lipinski definition) is 4. The van der Waals surface area contributed by atoms with Gasteiger partial charge in [0.05, 0.1) is 4.90 Å². The number of hydrogen-bond donors (Lipinski definition) is 2. The van der Waals surface area contributed by atoms with E-state index in [2.05, 4.69) is 5.32 Å². The van der Waals surface area contributed by atoms with Crippen LogP contribution in [-0.2, 0) is 9.84 Å².